The number of Topliss-reactive ketones (excluding diaryl/α,β-unsaturated/α-hetero) is 1. The summed E-state index contributed by atoms with van der Waals surface area (Å²) in [6, 6.07) is 10.7. The number of halogens is 1. The molecule has 0 unspecified atom stereocenters. The number of allylic oxidation sites excluding steroid dienone is 4. The van der Waals surface area contributed by atoms with Crippen LogP contribution in [0, 0.1) is 11.8 Å². The molecule has 2 heterocycles. The van der Waals surface area contributed by atoms with E-state index in [9.17, 15) is 9.59 Å². The molecule has 4 aliphatic rings. The van der Waals surface area contributed by atoms with E-state index in [1.807, 2.05) is 6.07 Å². The molecule has 0 bridgehead atoms. The first kappa shape index (κ1) is 19.8. The number of nitrogens with zero attached hydrogens (tertiary/aromatic N) is 1. The van der Waals surface area contributed by atoms with E-state index >= 15 is 0 Å². The number of fused-ring (bicyclic) bond motifs is 4. The molecule has 0 aromatic heterocycles. The Morgan fingerprint density at radius 1 is 0.938 bits per heavy atom. The molecular weight excluding hydrogens is 422 g/mol. The van der Waals surface area contributed by atoms with Crippen LogP contribution >= 0.6 is 11.6 Å². The number of carbonyl (C=O) groups is 2. The number of esters is 1. The highest BCUT2D eigenvalue weighted by Gasteiger charge is 2.44. The Bertz CT molecular complexity index is 1160. The molecule has 5 heteroatoms. The first-order chi connectivity index (χ1) is 15.6. The van der Waals surface area contributed by atoms with Gasteiger partial charge in [-0.25, -0.2) is 4.79 Å². The van der Waals surface area contributed by atoms with Crippen molar-refractivity contribution in [3.8, 4) is 0 Å². The molecule has 0 amide bonds. The Kier molecular flexibility index (Phi) is 4.72. The average Bonchev–Trinajstić information content (AvgIpc) is 3.47. The molecule has 2 aliphatic heterocycles. The normalized spacial score (nSPS) is 26.5. The van der Waals surface area contributed by atoms with Crippen LogP contribution in [0.3, 0.4) is 0 Å². The fourth-order valence-electron chi connectivity index (χ4n) is 5.99. The highest BCUT2D eigenvalue weighted by molar-refractivity contribution is 6.30. The van der Waals surface area contributed by atoms with Gasteiger partial charge >= 0.3 is 5.97 Å². The Labute approximate surface area is 192 Å². The van der Waals surface area contributed by atoms with Gasteiger partial charge in [-0.2, -0.15) is 0 Å². The summed E-state index contributed by atoms with van der Waals surface area (Å²) < 4.78 is 5.52. The van der Waals surface area contributed by atoms with E-state index in [4.69, 9.17) is 16.3 Å². The van der Waals surface area contributed by atoms with Gasteiger partial charge < -0.3 is 9.64 Å². The van der Waals surface area contributed by atoms with Crippen LogP contribution in [-0.2, 0) is 4.74 Å². The molecule has 0 radical (unpaired) electrons. The average molecular weight is 446 g/mol. The molecule has 0 fully saturated rings. The van der Waals surface area contributed by atoms with Gasteiger partial charge in [-0.15, -0.1) is 0 Å². The SMILES string of the molecule is O=C(COC(=O)c1ccc2c3c1[C@@H]1C=CC[C@@H]1CN3C[C@H]1CC=C[C@@H]21)c1ccc(Cl)cc1. The molecule has 4 nitrogen and oxygen atoms in total. The summed E-state index contributed by atoms with van der Waals surface area (Å²) in [7, 11) is 0. The zero-order chi connectivity index (χ0) is 21.8. The van der Waals surface area contributed by atoms with E-state index in [1.165, 1.54) is 11.3 Å². The van der Waals surface area contributed by atoms with Crippen molar-refractivity contribution < 1.29 is 14.3 Å². The van der Waals surface area contributed by atoms with Gasteiger partial charge in [0.1, 0.15) is 0 Å². The Morgan fingerprint density at radius 3 is 2.38 bits per heavy atom. The lowest BCUT2D eigenvalue weighted by Crippen LogP contribution is -2.44. The lowest BCUT2D eigenvalue weighted by Gasteiger charge is -2.46. The summed E-state index contributed by atoms with van der Waals surface area (Å²) in [4.78, 5) is 28.2. The monoisotopic (exact) mass is 445 g/mol. The van der Waals surface area contributed by atoms with Crippen LogP contribution in [0.25, 0.3) is 0 Å². The van der Waals surface area contributed by atoms with E-state index in [0.717, 1.165) is 31.5 Å². The van der Waals surface area contributed by atoms with E-state index in [2.05, 4.69) is 35.3 Å². The van der Waals surface area contributed by atoms with Gasteiger partial charge in [-0.05, 0) is 66.1 Å². The minimum absolute atomic E-state index is 0.234. The summed E-state index contributed by atoms with van der Waals surface area (Å²) in [5, 5.41) is 0.565. The highest BCUT2D eigenvalue weighted by atomic mass is 35.5. The highest BCUT2D eigenvalue weighted by Crippen LogP contribution is 2.53. The summed E-state index contributed by atoms with van der Waals surface area (Å²) in [5.74, 6) is 1.12. The minimum Gasteiger partial charge on any atom is -0.454 e. The first-order valence-corrected chi connectivity index (χ1v) is 11.7. The number of rotatable bonds is 4. The van der Waals surface area contributed by atoms with Crippen molar-refractivity contribution in [2.75, 3.05) is 24.6 Å². The van der Waals surface area contributed by atoms with Crippen molar-refractivity contribution in [3.05, 3.63) is 88.0 Å². The summed E-state index contributed by atoms with van der Waals surface area (Å²) in [5.41, 5.74) is 4.73. The molecule has 6 rings (SSSR count). The zero-order valence-electron chi connectivity index (χ0n) is 17.7. The molecule has 4 atom stereocenters. The van der Waals surface area contributed by atoms with Crippen molar-refractivity contribution in [1.82, 2.24) is 0 Å². The molecule has 2 aromatic rings. The second-order valence-electron chi connectivity index (χ2n) is 9.28. The molecule has 2 aliphatic carbocycles. The third-order valence-electron chi connectivity index (χ3n) is 7.47. The van der Waals surface area contributed by atoms with Gasteiger partial charge in [0, 0.05) is 41.2 Å². The maximum atomic E-state index is 13.2. The van der Waals surface area contributed by atoms with Crippen LogP contribution in [0.5, 0.6) is 0 Å². The summed E-state index contributed by atoms with van der Waals surface area (Å²) in [6.07, 6.45) is 11.3. The van der Waals surface area contributed by atoms with Gasteiger partial charge in [0.15, 0.2) is 12.4 Å². The van der Waals surface area contributed by atoms with E-state index < -0.39 is 5.97 Å². The minimum atomic E-state index is -0.421. The number of hydrogen-bond acceptors (Lipinski definition) is 4. The number of ether oxygens (including phenoxy) is 1. The maximum Gasteiger partial charge on any atom is 0.338 e. The van der Waals surface area contributed by atoms with Crippen LogP contribution in [-0.4, -0.2) is 31.4 Å². The van der Waals surface area contributed by atoms with E-state index in [0.29, 0.717) is 33.9 Å². The topological polar surface area (TPSA) is 46.6 Å². The number of hydrogen-bond donors (Lipinski definition) is 0. The number of benzene rings is 2. The molecule has 0 saturated heterocycles. The molecule has 0 spiro atoms. The van der Waals surface area contributed by atoms with Gasteiger partial charge in [-0.3, -0.25) is 4.79 Å². The molecule has 0 saturated carbocycles. The van der Waals surface area contributed by atoms with Crippen LogP contribution in [0.2, 0.25) is 5.02 Å². The van der Waals surface area contributed by atoms with Crippen LogP contribution in [0.15, 0.2) is 60.7 Å². The molecular formula is C27H24ClNO3. The zero-order valence-corrected chi connectivity index (χ0v) is 18.4. The van der Waals surface area contributed by atoms with Gasteiger partial charge in [0.25, 0.3) is 0 Å². The van der Waals surface area contributed by atoms with E-state index in [-0.39, 0.29) is 18.3 Å². The van der Waals surface area contributed by atoms with Gasteiger partial charge in [-0.1, -0.05) is 42.0 Å². The van der Waals surface area contributed by atoms with Crippen LogP contribution in [0.4, 0.5) is 5.69 Å². The molecule has 2 aromatic carbocycles. The lowest BCUT2D eigenvalue weighted by atomic mass is 9.73. The second-order valence-corrected chi connectivity index (χ2v) is 9.71. The lowest BCUT2D eigenvalue weighted by molar-refractivity contribution is 0.0473. The predicted molar refractivity (Wildman–Crippen MR) is 125 cm³/mol. The largest absolute Gasteiger partial charge is 0.454 e. The third kappa shape index (κ3) is 3.12. The van der Waals surface area contributed by atoms with Crippen molar-refractivity contribution >= 4 is 29.0 Å². The quantitative estimate of drug-likeness (QED) is 0.352. The Morgan fingerprint density at radius 2 is 1.62 bits per heavy atom. The van der Waals surface area contributed by atoms with Crippen molar-refractivity contribution in [1.29, 1.82) is 0 Å². The predicted octanol–water partition coefficient (Wildman–Crippen LogP) is 5.53. The van der Waals surface area contributed by atoms with Crippen molar-refractivity contribution in [2.45, 2.75) is 24.7 Å². The van der Waals surface area contributed by atoms with Crippen molar-refractivity contribution in [3.63, 3.8) is 0 Å². The summed E-state index contributed by atoms with van der Waals surface area (Å²) >= 11 is 5.90. The van der Waals surface area contributed by atoms with Crippen LogP contribution < -0.4 is 4.90 Å². The molecule has 162 valence electrons. The van der Waals surface area contributed by atoms with Gasteiger partial charge in [0.2, 0.25) is 0 Å². The Balaban J connectivity index is 1.33. The fraction of sp³-hybridized carbons (Fsp3) is 0.333. The van der Waals surface area contributed by atoms with Gasteiger partial charge in [0.05, 0.1) is 5.56 Å². The third-order valence-corrected chi connectivity index (χ3v) is 7.72. The molecule has 0 N–H and O–H groups in total. The smallest absolute Gasteiger partial charge is 0.338 e. The number of anilines is 1. The Hall–Kier alpha value is -2.85. The maximum absolute atomic E-state index is 13.2. The number of ketones is 1. The summed E-state index contributed by atoms with van der Waals surface area (Å²) in [6.45, 7) is 1.79. The fourth-order valence-corrected chi connectivity index (χ4v) is 6.11. The number of carbonyl (C=O) groups excluding carboxylic acids is 2. The second kappa shape index (κ2) is 7.63. The van der Waals surface area contributed by atoms with Crippen molar-refractivity contribution in [2.24, 2.45) is 11.8 Å². The standard InChI is InChI=1S/C27H24ClNO3/c28-19-9-7-16(8-10-19)24(30)15-32-27(31)23-12-11-22-20-5-1-3-17(20)13-29-14-18-4-2-6-21(18)25(23)26(22)29/h1-2,5-12,17-18,20-21H,3-4,13-15H2/t17-,18-,20-,21-/m1/s1. The molecule has 32 heavy (non-hydrogen) atoms. The van der Waals surface area contributed by atoms with E-state index in [1.54, 1.807) is 24.3 Å². The van der Waals surface area contributed by atoms with Crippen LogP contribution in [0.1, 0.15) is 56.5 Å². The first-order valence-electron chi connectivity index (χ1n) is 11.3.